The van der Waals surface area contributed by atoms with Gasteiger partial charge in [0.15, 0.2) is 0 Å². The van der Waals surface area contributed by atoms with E-state index in [2.05, 4.69) is 144 Å². The first-order valence-corrected chi connectivity index (χ1v) is 15.3. The summed E-state index contributed by atoms with van der Waals surface area (Å²) in [5.41, 5.74) is 6.19. The molecule has 2 aromatic heterocycles. The van der Waals surface area contributed by atoms with Gasteiger partial charge in [-0.1, -0.05) is 103 Å². The fourth-order valence-electron chi connectivity index (χ4n) is 7.24. The monoisotopic (exact) mass is 549 g/mol. The van der Waals surface area contributed by atoms with E-state index in [1.54, 1.807) is 0 Å². The number of para-hydroxylation sites is 1. The molecule has 194 valence electrons. The zero-order valence-electron chi connectivity index (χ0n) is 22.6. The maximum absolute atomic E-state index is 2.43. The normalized spacial score (nSPS) is 12.3. The van der Waals surface area contributed by atoms with Crippen LogP contribution < -0.4 is 0 Å². The SMILES string of the molecule is c1cc2ccc3ccc(-c4ccc(-n5c6ccccc6c6cc7sc8ccccc8c7cc65)cc4)c4ccc(c1)c2c34. The molecule has 0 atom stereocenters. The van der Waals surface area contributed by atoms with Crippen LogP contribution in [0.25, 0.3) is 91.1 Å². The predicted octanol–water partition coefficient (Wildman–Crippen LogP) is 11.7. The van der Waals surface area contributed by atoms with Crippen molar-refractivity contribution in [3.8, 4) is 16.8 Å². The van der Waals surface area contributed by atoms with Crippen molar-refractivity contribution >= 4 is 85.6 Å². The Bertz CT molecular complexity index is 2650. The van der Waals surface area contributed by atoms with Crippen molar-refractivity contribution in [2.75, 3.05) is 0 Å². The minimum atomic E-state index is 1.18. The van der Waals surface area contributed by atoms with Gasteiger partial charge < -0.3 is 4.57 Å². The Hall–Kier alpha value is -5.18. The largest absolute Gasteiger partial charge is 0.309 e. The number of hydrogen-bond donors (Lipinski definition) is 0. The predicted molar refractivity (Wildman–Crippen MR) is 183 cm³/mol. The van der Waals surface area contributed by atoms with E-state index >= 15 is 0 Å². The second kappa shape index (κ2) is 8.19. The van der Waals surface area contributed by atoms with E-state index in [0.717, 1.165) is 0 Å². The lowest BCUT2D eigenvalue weighted by Crippen LogP contribution is -1.94. The van der Waals surface area contributed by atoms with Gasteiger partial charge in [0.25, 0.3) is 0 Å². The second-order valence-electron chi connectivity index (χ2n) is 11.3. The van der Waals surface area contributed by atoms with Crippen molar-refractivity contribution in [2.24, 2.45) is 0 Å². The van der Waals surface area contributed by atoms with Gasteiger partial charge in [0, 0.05) is 36.6 Å². The molecule has 0 unspecified atom stereocenters. The van der Waals surface area contributed by atoms with Gasteiger partial charge in [0.2, 0.25) is 0 Å². The highest BCUT2D eigenvalue weighted by molar-refractivity contribution is 7.25. The standard InChI is InChI=1S/C40H23NS/c1-3-10-35-30(8-1)33-23-38-34(31-9-2-4-11-37(31)42-38)22-36(33)41(35)28-18-14-24(15-19-28)29-20-16-27-13-12-25-6-5-7-26-17-21-32(29)40(27)39(25)26/h1-23H. The Morgan fingerprint density at radius 2 is 1.12 bits per heavy atom. The average Bonchev–Trinajstić information content (AvgIpc) is 3.57. The van der Waals surface area contributed by atoms with Crippen LogP contribution in [0, 0.1) is 0 Å². The van der Waals surface area contributed by atoms with E-state index in [4.69, 9.17) is 0 Å². The molecule has 42 heavy (non-hydrogen) atoms. The molecule has 0 spiro atoms. The Morgan fingerprint density at radius 1 is 0.405 bits per heavy atom. The van der Waals surface area contributed by atoms with Crippen LogP contribution in [0.1, 0.15) is 0 Å². The van der Waals surface area contributed by atoms with Gasteiger partial charge in [-0.2, -0.15) is 0 Å². The number of aromatic nitrogens is 1. The lowest BCUT2D eigenvalue weighted by atomic mass is 9.90. The highest BCUT2D eigenvalue weighted by Crippen LogP contribution is 2.42. The smallest absolute Gasteiger partial charge is 0.0548 e. The zero-order chi connectivity index (χ0) is 27.4. The first kappa shape index (κ1) is 22.5. The van der Waals surface area contributed by atoms with Crippen LogP contribution in [0.5, 0.6) is 0 Å². The van der Waals surface area contributed by atoms with E-state index in [0.29, 0.717) is 0 Å². The molecule has 0 aliphatic carbocycles. The summed E-state index contributed by atoms with van der Waals surface area (Å²) in [6.45, 7) is 0. The minimum absolute atomic E-state index is 1.18. The van der Waals surface area contributed by atoms with Crippen molar-refractivity contribution in [3.63, 3.8) is 0 Å². The van der Waals surface area contributed by atoms with Crippen molar-refractivity contribution in [2.45, 2.75) is 0 Å². The van der Waals surface area contributed by atoms with E-state index in [-0.39, 0.29) is 0 Å². The zero-order valence-corrected chi connectivity index (χ0v) is 23.5. The Balaban J connectivity index is 1.19. The summed E-state index contributed by atoms with van der Waals surface area (Å²) in [4.78, 5) is 0. The van der Waals surface area contributed by atoms with Crippen molar-refractivity contribution in [1.82, 2.24) is 4.57 Å². The summed E-state index contributed by atoms with van der Waals surface area (Å²) in [5.74, 6) is 0. The maximum Gasteiger partial charge on any atom is 0.0548 e. The lowest BCUT2D eigenvalue weighted by molar-refractivity contribution is 1.18. The molecule has 1 nitrogen and oxygen atoms in total. The molecule has 10 rings (SSSR count). The van der Waals surface area contributed by atoms with Gasteiger partial charge in [-0.05, 0) is 79.8 Å². The van der Waals surface area contributed by atoms with E-state index in [9.17, 15) is 0 Å². The molecule has 0 N–H and O–H groups in total. The molecule has 10 aromatic rings. The lowest BCUT2D eigenvalue weighted by Gasteiger charge is -2.15. The molecule has 2 heterocycles. The fourth-order valence-corrected chi connectivity index (χ4v) is 8.37. The molecule has 0 amide bonds. The van der Waals surface area contributed by atoms with Crippen LogP contribution in [-0.2, 0) is 0 Å². The summed E-state index contributed by atoms with van der Waals surface area (Å²) in [5, 5.41) is 13.2. The third kappa shape index (κ3) is 2.97. The van der Waals surface area contributed by atoms with Crippen LogP contribution in [0.15, 0.2) is 140 Å². The molecule has 0 aliphatic heterocycles. The van der Waals surface area contributed by atoms with Crippen LogP contribution in [0.3, 0.4) is 0 Å². The summed E-state index contributed by atoms with van der Waals surface area (Å²) >= 11 is 1.88. The van der Waals surface area contributed by atoms with Gasteiger partial charge in [0.1, 0.15) is 0 Å². The molecule has 0 aliphatic rings. The van der Waals surface area contributed by atoms with E-state index < -0.39 is 0 Å². The average molecular weight is 550 g/mol. The van der Waals surface area contributed by atoms with Crippen LogP contribution in [-0.4, -0.2) is 4.57 Å². The summed E-state index contributed by atoms with van der Waals surface area (Å²) in [6.07, 6.45) is 0. The van der Waals surface area contributed by atoms with Gasteiger partial charge in [-0.15, -0.1) is 11.3 Å². The number of fused-ring (bicyclic) bond motifs is 6. The molecule has 0 saturated carbocycles. The molecule has 2 heteroatoms. The van der Waals surface area contributed by atoms with Crippen molar-refractivity contribution in [3.05, 3.63) is 140 Å². The van der Waals surface area contributed by atoms with E-state index in [1.165, 1.54) is 91.1 Å². The molecule has 0 radical (unpaired) electrons. The topological polar surface area (TPSA) is 4.93 Å². The maximum atomic E-state index is 2.43. The number of hydrogen-bond acceptors (Lipinski definition) is 1. The van der Waals surface area contributed by atoms with Crippen molar-refractivity contribution in [1.29, 1.82) is 0 Å². The first-order valence-electron chi connectivity index (χ1n) is 14.4. The first-order chi connectivity index (χ1) is 20.8. The second-order valence-corrected chi connectivity index (χ2v) is 12.4. The number of rotatable bonds is 2. The number of thiophene rings is 1. The quantitative estimate of drug-likeness (QED) is 0.189. The highest BCUT2D eigenvalue weighted by Gasteiger charge is 2.16. The van der Waals surface area contributed by atoms with E-state index in [1.807, 2.05) is 11.3 Å². The van der Waals surface area contributed by atoms with Gasteiger partial charge >= 0.3 is 0 Å². The third-order valence-corrected chi connectivity index (χ3v) is 10.3. The Kier molecular flexibility index (Phi) is 4.39. The summed E-state index contributed by atoms with van der Waals surface area (Å²) in [6, 6.07) is 51.8. The third-order valence-electron chi connectivity index (χ3n) is 9.14. The Morgan fingerprint density at radius 3 is 1.98 bits per heavy atom. The van der Waals surface area contributed by atoms with Crippen LogP contribution in [0.2, 0.25) is 0 Å². The van der Waals surface area contributed by atoms with Crippen molar-refractivity contribution < 1.29 is 0 Å². The fraction of sp³-hybridized carbons (Fsp3) is 0. The molecular formula is C40H23NS. The molecule has 0 saturated heterocycles. The highest BCUT2D eigenvalue weighted by atomic mass is 32.1. The van der Waals surface area contributed by atoms with Gasteiger partial charge in [-0.25, -0.2) is 0 Å². The number of nitrogens with zero attached hydrogens (tertiary/aromatic N) is 1. The summed E-state index contributed by atoms with van der Waals surface area (Å²) in [7, 11) is 0. The van der Waals surface area contributed by atoms with Gasteiger partial charge in [-0.3, -0.25) is 0 Å². The molecule has 0 bridgehead atoms. The molecular weight excluding hydrogens is 527 g/mol. The molecule has 8 aromatic carbocycles. The molecule has 0 fully saturated rings. The van der Waals surface area contributed by atoms with Gasteiger partial charge in [0.05, 0.1) is 11.0 Å². The van der Waals surface area contributed by atoms with Crippen LogP contribution in [0.4, 0.5) is 0 Å². The van der Waals surface area contributed by atoms with Crippen LogP contribution >= 0.6 is 11.3 Å². The summed E-state index contributed by atoms with van der Waals surface area (Å²) < 4.78 is 5.12. The minimum Gasteiger partial charge on any atom is -0.309 e. The Labute approximate surface area is 245 Å². The number of benzene rings is 8.